The number of methoxy groups -OCH3 is 1. The fraction of sp³-hybridized carbons (Fsp3) is 0.429. The summed E-state index contributed by atoms with van der Waals surface area (Å²) in [7, 11) is 1.53. The van der Waals surface area contributed by atoms with Crippen LogP contribution < -0.4 is 16.0 Å². The summed E-state index contributed by atoms with van der Waals surface area (Å²) in [6, 6.07) is 3.71. The lowest BCUT2D eigenvalue weighted by Gasteiger charge is -2.33. The number of carbonyl (C=O) groups excluding carboxylic acids is 1. The molecule has 1 aliphatic heterocycles. The Hall–Kier alpha value is -3.27. The van der Waals surface area contributed by atoms with Gasteiger partial charge in [0.1, 0.15) is 17.8 Å². The van der Waals surface area contributed by atoms with Crippen molar-refractivity contribution in [2.24, 2.45) is 5.73 Å². The number of hydrogen-bond donors (Lipinski definition) is 2. The van der Waals surface area contributed by atoms with Crippen molar-refractivity contribution in [1.82, 2.24) is 19.5 Å². The minimum Gasteiger partial charge on any atom is -0.378 e. The third-order valence-corrected chi connectivity index (χ3v) is 5.51. The van der Waals surface area contributed by atoms with Crippen LogP contribution in [0.3, 0.4) is 0 Å². The number of nitrogens with one attached hydrogen (secondary N) is 1. The summed E-state index contributed by atoms with van der Waals surface area (Å²) in [6.45, 7) is 4.85. The van der Waals surface area contributed by atoms with Gasteiger partial charge in [0.15, 0.2) is 0 Å². The molecule has 0 saturated carbocycles. The molecule has 3 aromatic rings. The molecule has 10 heteroatoms. The Morgan fingerprint density at radius 1 is 1.35 bits per heavy atom. The molecule has 0 aliphatic carbocycles. The van der Waals surface area contributed by atoms with Gasteiger partial charge in [0, 0.05) is 49.7 Å². The summed E-state index contributed by atoms with van der Waals surface area (Å²) in [6.07, 6.45) is 4.10. The van der Waals surface area contributed by atoms with Crippen molar-refractivity contribution in [2.75, 3.05) is 30.4 Å². The average Bonchev–Trinajstić information content (AvgIpc) is 3.13. The molecule has 1 fully saturated rings. The molecule has 164 valence electrons. The molecule has 0 spiro atoms. The first-order valence-electron chi connectivity index (χ1n) is 10.2. The van der Waals surface area contributed by atoms with Gasteiger partial charge >= 0.3 is 0 Å². The zero-order chi connectivity index (χ0) is 22.1. The van der Waals surface area contributed by atoms with Gasteiger partial charge in [-0.25, -0.2) is 14.4 Å². The number of amides is 1. The molecule has 2 atom stereocenters. The van der Waals surface area contributed by atoms with E-state index >= 15 is 0 Å². The number of primary amides is 1. The van der Waals surface area contributed by atoms with Crippen LogP contribution in [0.4, 0.5) is 22.0 Å². The number of rotatable bonds is 6. The Morgan fingerprint density at radius 3 is 2.84 bits per heavy atom. The van der Waals surface area contributed by atoms with E-state index in [-0.39, 0.29) is 12.6 Å². The predicted molar refractivity (Wildman–Crippen MR) is 116 cm³/mol. The number of ether oxygens (including phenoxy) is 1. The summed E-state index contributed by atoms with van der Waals surface area (Å²) in [5.41, 5.74) is 6.80. The van der Waals surface area contributed by atoms with E-state index in [0.717, 1.165) is 5.52 Å². The Morgan fingerprint density at radius 2 is 2.16 bits per heavy atom. The number of halogens is 1. The zero-order valence-electron chi connectivity index (χ0n) is 17.7. The highest BCUT2D eigenvalue weighted by atomic mass is 19.1. The third-order valence-electron chi connectivity index (χ3n) is 5.51. The summed E-state index contributed by atoms with van der Waals surface area (Å²) >= 11 is 0. The highest BCUT2D eigenvalue weighted by Gasteiger charge is 2.30. The van der Waals surface area contributed by atoms with Crippen LogP contribution in [0.2, 0.25) is 0 Å². The lowest BCUT2D eigenvalue weighted by molar-refractivity contribution is 0.0194. The molecule has 4 heterocycles. The highest BCUT2D eigenvalue weighted by Crippen LogP contribution is 2.27. The van der Waals surface area contributed by atoms with Crippen LogP contribution in [0.5, 0.6) is 0 Å². The number of hydrogen-bond acceptors (Lipinski definition) is 7. The van der Waals surface area contributed by atoms with Gasteiger partial charge in [-0.1, -0.05) is 0 Å². The molecule has 0 bridgehead atoms. The SMILES string of the molecule is CO[C@H]1CCN(c2nccc(Nc3cc4c(cn3)c(C(N)=O)cn4C(C)C)n2)C[C@H]1F. The minimum absolute atomic E-state index is 0.139. The summed E-state index contributed by atoms with van der Waals surface area (Å²) in [5.74, 6) is 1.06. The maximum atomic E-state index is 14.3. The fourth-order valence-corrected chi connectivity index (χ4v) is 3.87. The molecule has 0 radical (unpaired) electrons. The normalized spacial score (nSPS) is 19.2. The van der Waals surface area contributed by atoms with E-state index in [2.05, 4.69) is 20.3 Å². The lowest BCUT2D eigenvalue weighted by atomic mass is 10.1. The molecule has 1 aliphatic rings. The highest BCUT2D eigenvalue weighted by molar-refractivity contribution is 6.06. The Balaban J connectivity index is 1.59. The van der Waals surface area contributed by atoms with Crippen molar-refractivity contribution in [3.8, 4) is 0 Å². The number of alkyl halides is 1. The second-order valence-electron chi connectivity index (χ2n) is 7.89. The van der Waals surface area contributed by atoms with Crippen molar-refractivity contribution in [3.63, 3.8) is 0 Å². The van der Waals surface area contributed by atoms with Gasteiger partial charge in [-0.15, -0.1) is 0 Å². The number of fused-ring (bicyclic) bond motifs is 1. The Labute approximate surface area is 179 Å². The van der Waals surface area contributed by atoms with Gasteiger partial charge in [0.05, 0.1) is 23.7 Å². The molecule has 9 nitrogen and oxygen atoms in total. The maximum Gasteiger partial charge on any atom is 0.250 e. The second kappa shape index (κ2) is 8.46. The number of carbonyl (C=O) groups is 1. The van der Waals surface area contributed by atoms with Crippen LogP contribution in [0.1, 0.15) is 36.7 Å². The van der Waals surface area contributed by atoms with E-state index in [9.17, 15) is 9.18 Å². The Kier molecular flexibility index (Phi) is 5.73. The third kappa shape index (κ3) is 4.15. The van der Waals surface area contributed by atoms with Gasteiger partial charge in [-0.3, -0.25) is 4.79 Å². The minimum atomic E-state index is -1.09. The number of aromatic nitrogens is 4. The molecular weight excluding hydrogens is 401 g/mol. The van der Waals surface area contributed by atoms with Crippen LogP contribution >= 0.6 is 0 Å². The van der Waals surface area contributed by atoms with Gasteiger partial charge in [0.2, 0.25) is 5.95 Å². The number of nitrogens with zero attached hydrogens (tertiary/aromatic N) is 5. The van der Waals surface area contributed by atoms with Crippen LogP contribution in [0, 0.1) is 0 Å². The van der Waals surface area contributed by atoms with E-state index in [0.29, 0.717) is 41.5 Å². The molecule has 0 aromatic carbocycles. The molecule has 3 aromatic heterocycles. The predicted octanol–water partition coefficient (Wildman–Crippen LogP) is 2.81. The topological polar surface area (TPSA) is 111 Å². The van der Waals surface area contributed by atoms with Gasteiger partial charge in [-0.2, -0.15) is 4.98 Å². The molecule has 0 unspecified atom stereocenters. The molecule has 1 saturated heterocycles. The number of piperidine rings is 1. The van der Waals surface area contributed by atoms with Crippen LogP contribution in [-0.2, 0) is 4.74 Å². The zero-order valence-corrected chi connectivity index (χ0v) is 17.7. The van der Waals surface area contributed by atoms with Gasteiger partial charge in [-0.05, 0) is 26.3 Å². The summed E-state index contributed by atoms with van der Waals surface area (Å²) in [5, 5.41) is 3.87. The first kappa shape index (κ1) is 21.0. The molecule has 4 rings (SSSR count). The largest absolute Gasteiger partial charge is 0.378 e. The molecule has 3 N–H and O–H groups in total. The van der Waals surface area contributed by atoms with Crippen molar-refractivity contribution < 1.29 is 13.9 Å². The first-order chi connectivity index (χ1) is 14.9. The average molecular weight is 427 g/mol. The van der Waals surface area contributed by atoms with Crippen LogP contribution in [0.25, 0.3) is 10.9 Å². The van der Waals surface area contributed by atoms with Crippen LogP contribution in [0.15, 0.2) is 30.7 Å². The van der Waals surface area contributed by atoms with Crippen molar-refractivity contribution in [3.05, 3.63) is 36.3 Å². The monoisotopic (exact) mass is 427 g/mol. The van der Waals surface area contributed by atoms with Crippen molar-refractivity contribution in [1.29, 1.82) is 0 Å². The van der Waals surface area contributed by atoms with E-state index in [1.54, 1.807) is 24.7 Å². The number of pyridine rings is 1. The second-order valence-corrected chi connectivity index (χ2v) is 7.89. The van der Waals surface area contributed by atoms with Crippen molar-refractivity contribution >= 4 is 34.4 Å². The fourth-order valence-electron chi connectivity index (χ4n) is 3.87. The number of anilines is 3. The molecule has 31 heavy (non-hydrogen) atoms. The van der Waals surface area contributed by atoms with E-state index in [1.165, 1.54) is 7.11 Å². The first-order valence-corrected chi connectivity index (χ1v) is 10.2. The van der Waals surface area contributed by atoms with Crippen LogP contribution in [-0.4, -0.2) is 57.9 Å². The van der Waals surface area contributed by atoms with Gasteiger partial charge in [0.25, 0.3) is 5.91 Å². The maximum absolute atomic E-state index is 14.3. The number of nitrogens with two attached hydrogens (primary N) is 1. The smallest absolute Gasteiger partial charge is 0.250 e. The van der Waals surface area contributed by atoms with Crippen molar-refractivity contribution in [2.45, 2.75) is 38.6 Å². The molecule has 1 amide bonds. The standard InChI is InChI=1S/C21H26FN7O2/c1-12(2)29-10-14(20(23)30)13-9-25-19(8-16(13)29)26-18-4-6-24-21(27-18)28-7-5-17(31-3)15(22)11-28/h4,6,8-10,12,15,17H,5,7,11H2,1-3H3,(H2,23,30)(H,24,25,26,27)/t15-,17+/m1/s1. The van der Waals surface area contributed by atoms with E-state index in [1.807, 2.05) is 29.4 Å². The van der Waals surface area contributed by atoms with Gasteiger partial charge < -0.3 is 25.3 Å². The van der Waals surface area contributed by atoms with E-state index in [4.69, 9.17) is 10.5 Å². The molecular formula is C21H26FN7O2. The quantitative estimate of drug-likeness (QED) is 0.622. The lowest BCUT2D eigenvalue weighted by Crippen LogP contribution is -2.46. The Bertz CT molecular complexity index is 1100. The van der Waals surface area contributed by atoms with E-state index < -0.39 is 18.2 Å². The summed E-state index contributed by atoms with van der Waals surface area (Å²) in [4.78, 5) is 26.8. The summed E-state index contributed by atoms with van der Waals surface area (Å²) < 4.78 is 21.4.